The van der Waals surface area contributed by atoms with Crippen molar-refractivity contribution in [1.29, 1.82) is 0 Å². The maximum atomic E-state index is 12.2. The molecule has 0 aliphatic heterocycles. The van der Waals surface area contributed by atoms with Crippen molar-refractivity contribution in [2.24, 2.45) is 5.10 Å². The quantitative estimate of drug-likeness (QED) is 0.368. The van der Waals surface area contributed by atoms with Gasteiger partial charge in [-0.15, -0.1) is 0 Å². The highest BCUT2D eigenvalue weighted by atomic mass is 35.5. The van der Waals surface area contributed by atoms with Gasteiger partial charge in [-0.1, -0.05) is 59.6 Å². The summed E-state index contributed by atoms with van der Waals surface area (Å²) >= 11 is 12.1. The molecule has 0 bridgehead atoms. The minimum Gasteiger partial charge on any atom is -0.488 e. The molecule has 0 aliphatic carbocycles. The first kappa shape index (κ1) is 21.9. The van der Waals surface area contributed by atoms with Crippen molar-refractivity contribution in [3.63, 3.8) is 0 Å². The molecule has 0 saturated heterocycles. The molecule has 1 amide bonds. The predicted molar refractivity (Wildman–Crippen MR) is 123 cm³/mol. The van der Waals surface area contributed by atoms with Crippen LogP contribution in [0.25, 0.3) is 0 Å². The van der Waals surface area contributed by atoms with Gasteiger partial charge in [0.25, 0.3) is 0 Å². The molecule has 6 heteroatoms. The van der Waals surface area contributed by atoms with Crippen molar-refractivity contribution >= 4 is 35.3 Å². The Kier molecular flexibility index (Phi) is 7.50. The Hall–Kier alpha value is -2.82. The maximum Gasteiger partial charge on any atom is 0.244 e. The first-order valence-electron chi connectivity index (χ1n) is 9.46. The molecule has 154 valence electrons. The molecule has 3 aromatic rings. The minimum absolute atomic E-state index is 0.180. The molecule has 0 aliphatic rings. The lowest BCUT2D eigenvalue weighted by Gasteiger charge is -2.10. The number of nitrogens with zero attached hydrogens (tertiary/aromatic N) is 1. The monoisotopic (exact) mass is 440 g/mol. The van der Waals surface area contributed by atoms with Gasteiger partial charge in [-0.2, -0.15) is 5.10 Å². The third-order valence-electron chi connectivity index (χ3n) is 4.65. The summed E-state index contributed by atoms with van der Waals surface area (Å²) in [6.45, 7) is 4.37. The molecule has 0 fully saturated rings. The predicted octanol–water partition coefficient (Wildman–Crippen LogP) is 5.88. The molecule has 0 radical (unpaired) electrons. The average Bonchev–Trinajstić information content (AvgIpc) is 2.71. The van der Waals surface area contributed by atoms with Gasteiger partial charge in [0.1, 0.15) is 12.4 Å². The Labute approximate surface area is 186 Å². The number of carbonyl (C=O) groups is 1. The highest BCUT2D eigenvalue weighted by molar-refractivity contribution is 6.35. The van der Waals surface area contributed by atoms with E-state index in [4.69, 9.17) is 27.9 Å². The van der Waals surface area contributed by atoms with Gasteiger partial charge in [-0.05, 0) is 54.8 Å². The summed E-state index contributed by atoms with van der Waals surface area (Å²) < 4.78 is 5.89. The largest absolute Gasteiger partial charge is 0.488 e. The topological polar surface area (TPSA) is 50.7 Å². The highest BCUT2D eigenvalue weighted by Crippen LogP contribution is 2.24. The zero-order valence-electron chi connectivity index (χ0n) is 16.8. The van der Waals surface area contributed by atoms with Gasteiger partial charge in [0.2, 0.25) is 5.91 Å². The van der Waals surface area contributed by atoms with E-state index in [0.29, 0.717) is 22.4 Å². The Balaban J connectivity index is 1.60. The third-order valence-corrected chi connectivity index (χ3v) is 5.23. The second-order valence-electron chi connectivity index (χ2n) is 6.95. The number of halogens is 2. The molecular formula is C24H22Cl2N2O2. The van der Waals surface area contributed by atoms with Crippen LogP contribution >= 0.6 is 23.2 Å². The van der Waals surface area contributed by atoms with E-state index in [1.165, 1.54) is 5.56 Å². The fourth-order valence-electron chi connectivity index (χ4n) is 2.83. The number of ether oxygens (including phenoxy) is 1. The van der Waals surface area contributed by atoms with E-state index in [-0.39, 0.29) is 12.3 Å². The SMILES string of the molecule is Cc1ccc(CC(=O)N/N=C/c2ccccc2OCc2ccc(Cl)cc2Cl)cc1C. The van der Waals surface area contributed by atoms with Crippen LogP contribution < -0.4 is 10.2 Å². The minimum atomic E-state index is -0.180. The summed E-state index contributed by atoms with van der Waals surface area (Å²) in [5, 5.41) is 5.20. The number of benzene rings is 3. The van der Waals surface area contributed by atoms with Crippen LogP contribution in [0.15, 0.2) is 65.8 Å². The first-order chi connectivity index (χ1) is 14.4. The van der Waals surface area contributed by atoms with Crippen LogP contribution in [-0.2, 0) is 17.8 Å². The fraction of sp³-hybridized carbons (Fsp3) is 0.167. The van der Waals surface area contributed by atoms with Crippen molar-refractivity contribution in [3.8, 4) is 5.75 Å². The molecule has 0 heterocycles. The summed E-state index contributed by atoms with van der Waals surface area (Å²) in [7, 11) is 0. The summed E-state index contributed by atoms with van der Waals surface area (Å²) in [4.78, 5) is 12.2. The molecular weight excluding hydrogens is 419 g/mol. The second-order valence-corrected chi connectivity index (χ2v) is 7.79. The van der Waals surface area contributed by atoms with Crippen molar-refractivity contribution in [3.05, 3.63) is 98.5 Å². The summed E-state index contributed by atoms with van der Waals surface area (Å²) in [5.74, 6) is 0.455. The zero-order valence-corrected chi connectivity index (χ0v) is 18.3. The van der Waals surface area contributed by atoms with Crippen LogP contribution in [0.3, 0.4) is 0 Å². The Morgan fingerprint density at radius 1 is 1.03 bits per heavy atom. The number of carbonyl (C=O) groups excluding carboxylic acids is 1. The van der Waals surface area contributed by atoms with Crippen LogP contribution in [0.5, 0.6) is 5.75 Å². The van der Waals surface area contributed by atoms with Gasteiger partial charge in [-0.3, -0.25) is 4.79 Å². The fourth-order valence-corrected chi connectivity index (χ4v) is 3.29. The van der Waals surface area contributed by atoms with Crippen LogP contribution in [0.4, 0.5) is 0 Å². The Bertz CT molecular complexity index is 1080. The molecule has 0 spiro atoms. The third kappa shape index (κ3) is 6.09. The van der Waals surface area contributed by atoms with Gasteiger partial charge in [-0.25, -0.2) is 5.43 Å². The molecule has 0 atom stereocenters. The number of amides is 1. The number of rotatable bonds is 7. The van der Waals surface area contributed by atoms with E-state index in [0.717, 1.165) is 22.3 Å². The van der Waals surface area contributed by atoms with Crippen molar-refractivity contribution in [2.75, 3.05) is 0 Å². The summed E-state index contributed by atoms with van der Waals surface area (Å²) in [6, 6.07) is 18.7. The molecule has 0 aromatic heterocycles. The van der Waals surface area contributed by atoms with Gasteiger partial charge >= 0.3 is 0 Å². The van der Waals surface area contributed by atoms with Crippen molar-refractivity contribution < 1.29 is 9.53 Å². The average molecular weight is 441 g/mol. The number of para-hydroxylation sites is 1. The van der Waals surface area contributed by atoms with Crippen LogP contribution in [0.1, 0.15) is 27.8 Å². The lowest BCUT2D eigenvalue weighted by molar-refractivity contribution is -0.120. The molecule has 4 nitrogen and oxygen atoms in total. The summed E-state index contributed by atoms with van der Waals surface area (Å²) in [5.41, 5.74) is 7.46. The normalized spacial score (nSPS) is 10.9. The van der Waals surface area contributed by atoms with E-state index in [1.807, 2.05) is 62.4 Å². The van der Waals surface area contributed by atoms with Gasteiger partial charge in [0.05, 0.1) is 12.6 Å². The Morgan fingerprint density at radius 3 is 2.60 bits per heavy atom. The highest BCUT2D eigenvalue weighted by Gasteiger charge is 2.06. The number of aryl methyl sites for hydroxylation is 2. The van der Waals surface area contributed by atoms with Gasteiger partial charge < -0.3 is 4.74 Å². The van der Waals surface area contributed by atoms with Gasteiger partial charge in [0, 0.05) is 21.2 Å². The summed E-state index contributed by atoms with van der Waals surface area (Å²) in [6.07, 6.45) is 1.84. The number of hydrogen-bond donors (Lipinski definition) is 1. The molecule has 30 heavy (non-hydrogen) atoms. The van der Waals surface area contributed by atoms with E-state index in [9.17, 15) is 4.79 Å². The van der Waals surface area contributed by atoms with Crippen LogP contribution in [0.2, 0.25) is 10.0 Å². The van der Waals surface area contributed by atoms with Crippen LogP contribution in [-0.4, -0.2) is 12.1 Å². The number of nitrogens with one attached hydrogen (secondary N) is 1. The van der Waals surface area contributed by atoms with Crippen molar-refractivity contribution in [2.45, 2.75) is 26.9 Å². The van der Waals surface area contributed by atoms with E-state index in [2.05, 4.69) is 10.5 Å². The van der Waals surface area contributed by atoms with Gasteiger partial charge in [0.15, 0.2) is 0 Å². The van der Waals surface area contributed by atoms with E-state index < -0.39 is 0 Å². The lowest BCUT2D eigenvalue weighted by atomic mass is 10.0. The molecule has 3 rings (SSSR count). The first-order valence-corrected chi connectivity index (χ1v) is 10.2. The zero-order chi connectivity index (χ0) is 21.5. The van der Waals surface area contributed by atoms with Crippen LogP contribution in [0, 0.1) is 13.8 Å². The molecule has 0 saturated carbocycles. The molecule has 0 unspecified atom stereocenters. The molecule has 1 N–H and O–H groups in total. The number of hydrogen-bond acceptors (Lipinski definition) is 3. The van der Waals surface area contributed by atoms with Crippen molar-refractivity contribution in [1.82, 2.24) is 5.43 Å². The smallest absolute Gasteiger partial charge is 0.244 e. The lowest BCUT2D eigenvalue weighted by Crippen LogP contribution is -2.19. The standard InChI is InChI=1S/C24H22Cl2N2O2/c1-16-7-8-18(11-17(16)2)12-24(29)28-27-14-19-5-3-4-6-23(19)30-15-20-9-10-21(25)13-22(20)26/h3-11,13-14H,12,15H2,1-2H3,(H,28,29)/b27-14+. The maximum absolute atomic E-state index is 12.2. The number of hydrazone groups is 1. The second kappa shape index (κ2) is 10.3. The Morgan fingerprint density at radius 2 is 1.83 bits per heavy atom. The van der Waals surface area contributed by atoms with E-state index in [1.54, 1.807) is 18.3 Å². The van der Waals surface area contributed by atoms with E-state index >= 15 is 0 Å². The molecule has 3 aromatic carbocycles.